The van der Waals surface area contributed by atoms with Crippen LogP contribution in [0, 0.1) is 25.2 Å². The number of halogens is 2. The number of nitrogens with one attached hydrogen (secondary N) is 2. The molecule has 0 aromatic carbocycles. The molecule has 0 unspecified atom stereocenters. The summed E-state index contributed by atoms with van der Waals surface area (Å²) in [6.07, 6.45) is 0. The van der Waals surface area contributed by atoms with Crippen molar-refractivity contribution in [3.05, 3.63) is 31.6 Å². The summed E-state index contributed by atoms with van der Waals surface area (Å²) in [4.78, 5) is 16.0. The van der Waals surface area contributed by atoms with E-state index in [2.05, 4.69) is 31.5 Å². The van der Waals surface area contributed by atoms with E-state index in [1.165, 1.54) is 11.3 Å². The Morgan fingerprint density at radius 2 is 2.27 bits per heavy atom. The molecular weight excluding hydrogens is 392 g/mol. The predicted molar refractivity (Wildman–Crippen MR) is 88.1 cm³/mol. The fraction of sp³-hybridized carbons (Fsp3) is 0.308. The number of carbonyl (C=O) groups excluding carboxylic acids is 1. The Morgan fingerprint density at radius 1 is 1.55 bits per heavy atom. The lowest BCUT2D eigenvalue weighted by atomic mass is 10.3. The number of aryl methyl sites for hydroxylation is 1. The van der Waals surface area contributed by atoms with Gasteiger partial charge in [-0.3, -0.25) is 4.79 Å². The molecule has 2 rings (SSSR count). The molecule has 2 aromatic rings. The van der Waals surface area contributed by atoms with Gasteiger partial charge in [-0.15, -0.1) is 0 Å². The smallest absolute Gasteiger partial charge is 0.240 e. The fourth-order valence-corrected chi connectivity index (χ4v) is 3.11. The van der Waals surface area contributed by atoms with Crippen LogP contribution in [0.25, 0.3) is 0 Å². The zero-order valence-electron chi connectivity index (χ0n) is 11.8. The van der Waals surface area contributed by atoms with Crippen LogP contribution in [0.15, 0.2) is 8.20 Å². The third-order valence-corrected chi connectivity index (χ3v) is 5.21. The molecule has 2 N–H and O–H groups in total. The van der Waals surface area contributed by atoms with Gasteiger partial charge >= 0.3 is 0 Å². The normalized spacial score (nSPS) is 10.5. The Kier molecular flexibility index (Phi) is 5.58. The first kappa shape index (κ1) is 17.0. The van der Waals surface area contributed by atoms with Gasteiger partial charge in [0, 0.05) is 5.56 Å². The number of amides is 1. The van der Waals surface area contributed by atoms with Crippen molar-refractivity contribution in [2.24, 2.45) is 0 Å². The molecule has 0 aliphatic carbocycles. The highest BCUT2D eigenvalue weighted by Crippen LogP contribution is 2.28. The first-order valence-electron chi connectivity index (χ1n) is 6.23. The number of furan rings is 1. The second kappa shape index (κ2) is 7.24. The Labute approximate surface area is 144 Å². The van der Waals surface area contributed by atoms with E-state index in [1.54, 1.807) is 6.92 Å². The quantitative estimate of drug-likeness (QED) is 0.798. The zero-order chi connectivity index (χ0) is 16.3. The van der Waals surface area contributed by atoms with Crippen LogP contribution in [0.1, 0.15) is 22.8 Å². The minimum absolute atomic E-state index is 0.0776. The van der Waals surface area contributed by atoms with E-state index in [-0.39, 0.29) is 24.8 Å². The number of anilines is 1. The number of thiazole rings is 1. The maximum absolute atomic E-state index is 11.8. The van der Waals surface area contributed by atoms with E-state index in [0.29, 0.717) is 21.5 Å². The van der Waals surface area contributed by atoms with E-state index in [1.807, 2.05) is 13.0 Å². The number of rotatable bonds is 5. The molecule has 0 aliphatic rings. The summed E-state index contributed by atoms with van der Waals surface area (Å²) in [6.45, 7) is 3.90. The van der Waals surface area contributed by atoms with E-state index < -0.39 is 0 Å². The number of carbonyl (C=O) groups is 1. The minimum atomic E-state index is -0.221. The van der Waals surface area contributed by atoms with Crippen molar-refractivity contribution in [1.82, 2.24) is 10.3 Å². The molecule has 0 aliphatic heterocycles. The van der Waals surface area contributed by atoms with Crippen LogP contribution in [0.2, 0.25) is 5.02 Å². The maximum atomic E-state index is 11.8. The average Bonchev–Trinajstić information content (AvgIpc) is 2.92. The monoisotopic (exact) mass is 402 g/mol. The van der Waals surface area contributed by atoms with Gasteiger partial charge in [0.1, 0.15) is 11.8 Å². The molecule has 2 aromatic heterocycles. The Hall–Kier alpha value is -1.40. The van der Waals surface area contributed by atoms with Crippen LogP contribution >= 0.6 is 38.9 Å². The lowest BCUT2D eigenvalue weighted by Crippen LogP contribution is -2.27. The van der Waals surface area contributed by atoms with Crippen molar-refractivity contribution < 1.29 is 9.21 Å². The molecule has 0 spiro atoms. The summed E-state index contributed by atoms with van der Waals surface area (Å²) in [7, 11) is 0. The summed E-state index contributed by atoms with van der Waals surface area (Å²) in [5.74, 6) is 0.409. The number of nitrogens with zero attached hydrogens (tertiary/aromatic N) is 2. The molecule has 22 heavy (non-hydrogen) atoms. The molecule has 0 radical (unpaired) electrons. The van der Waals surface area contributed by atoms with Crippen LogP contribution in [0.5, 0.6) is 0 Å². The van der Waals surface area contributed by atoms with Gasteiger partial charge in [0.2, 0.25) is 11.7 Å². The molecule has 2 heterocycles. The molecule has 0 fully saturated rings. The molecule has 0 saturated carbocycles. The third-order valence-electron chi connectivity index (χ3n) is 2.80. The minimum Gasteiger partial charge on any atom is -0.447 e. The lowest BCUT2D eigenvalue weighted by molar-refractivity contribution is -0.115. The molecule has 0 saturated heterocycles. The van der Waals surface area contributed by atoms with E-state index >= 15 is 0 Å². The van der Waals surface area contributed by atoms with Gasteiger partial charge in [0.05, 0.1) is 27.6 Å². The number of hydrogen-bond acceptors (Lipinski definition) is 6. The summed E-state index contributed by atoms with van der Waals surface area (Å²) in [6, 6.07) is 1.93. The Balaban J connectivity index is 1.86. The van der Waals surface area contributed by atoms with Crippen LogP contribution in [0.4, 0.5) is 5.13 Å². The molecule has 9 heteroatoms. The van der Waals surface area contributed by atoms with Crippen molar-refractivity contribution in [3.8, 4) is 6.07 Å². The van der Waals surface area contributed by atoms with Crippen LogP contribution in [0.3, 0.4) is 0 Å². The first-order chi connectivity index (χ1) is 10.4. The molecule has 1 amide bonds. The lowest BCUT2D eigenvalue weighted by Gasteiger charge is -2.03. The highest BCUT2D eigenvalue weighted by Gasteiger charge is 2.15. The van der Waals surface area contributed by atoms with Crippen molar-refractivity contribution in [1.29, 1.82) is 5.26 Å². The molecule has 116 valence electrons. The zero-order valence-corrected chi connectivity index (χ0v) is 14.9. The fourth-order valence-electron chi connectivity index (χ4n) is 1.66. The topological polar surface area (TPSA) is 90.9 Å². The predicted octanol–water partition coefficient (Wildman–Crippen LogP) is 3.37. The van der Waals surface area contributed by atoms with Crippen molar-refractivity contribution in [3.63, 3.8) is 0 Å². The van der Waals surface area contributed by atoms with Crippen LogP contribution in [-0.4, -0.2) is 17.4 Å². The summed E-state index contributed by atoms with van der Waals surface area (Å²) >= 11 is 10.8. The molecule has 0 bridgehead atoms. The second-order valence-electron chi connectivity index (χ2n) is 4.44. The van der Waals surface area contributed by atoms with Gasteiger partial charge in [-0.2, -0.15) is 5.26 Å². The van der Waals surface area contributed by atoms with Gasteiger partial charge in [-0.1, -0.05) is 22.9 Å². The third kappa shape index (κ3) is 3.87. The largest absolute Gasteiger partial charge is 0.447 e. The van der Waals surface area contributed by atoms with Gasteiger partial charge in [0.15, 0.2) is 5.13 Å². The van der Waals surface area contributed by atoms with E-state index in [0.717, 1.165) is 9.48 Å². The summed E-state index contributed by atoms with van der Waals surface area (Å²) < 4.78 is 6.20. The molecular formula is C13H12BrClN4O2S. The van der Waals surface area contributed by atoms with Gasteiger partial charge in [-0.05, 0) is 29.8 Å². The molecule has 0 atom stereocenters. The summed E-state index contributed by atoms with van der Waals surface area (Å²) in [5.41, 5.74) is 1.43. The van der Waals surface area contributed by atoms with Crippen molar-refractivity contribution in [2.45, 2.75) is 20.4 Å². The second-order valence-corrected chi connectivity index (χ2v) is 7.13. The Morgan fingerprint density at radius 3 is 2.82 bits per heavy atom. The van der Waals surface area contributed by atoms with Crippen molar-refractivity contribution in [2.75, 3.05) is 11.9 Å². The maximum Gasteiger partial charge on any atom is 0.240 e. The number of nitriles is 1. The van der Waals surface area contributed by atoms with Gasteiger partial charge in [0.25, 0.3) is 0 Å². The molecule has 6 nitrogen and oxygen atoms in total. The number of hydrogen-bond donors (Lipinski definition) is 2. The van der Waals surface area contributed by atoms with Crippen LogP contribution in [-0.2, 0) is 11.3 Å². The highest BCUT2D eigenvalue weighted by atomic mass is 79.9. The van der Waals surface area contributed by atoms with E-state index in [4.69, 9.17) is 21.3 Å². The van der Waals surface area contributed by atoms with Crippen LogP contribution < -0.4 is 10.6 Å². The van der Waals surface area contributed by atoms with Crippen molar-refractivity contribution >= 4 is 49.9 Å². The SMILES string of the molecule is Cc1nc(NC(=O)CNCc2oc(C#N)c(C)c2Cl)sc1Br. The standard InChI is InChI=1S/C13H12BrClN4O2S/c1-6-8(3-16)21-9(11(6)15)4-17-5-10(20)19-13-18-7(2)12(14)22-13/h17H,4-5H2,1-2H3,(H,18,19,20). The Bertz CT molecular complexity index is 731. The van der Waals surface area contributed by atoms with E-state index in [9.17, 15) is 4.79 Å². The highest BCUT2D eigenvalue weighted by molar-refractivity contribution is 9.11. The number of aromatic nitrogens is 1. The van der Waals surface area contributed by atoms with Gasteiger partial charge < -0.3 is 15.1 Å². The van der Waals surface area contributed by atoms with Gasteiger partial charge in [-0.25, -0.2) is 4.98 Å². The first-order valence-corrected chi connectivity index (χ1v) is 8.22. The summed E-state index contributed by atoms with van der Waals surface area (Å²) in [5, 5.41) is 15.4. The average molecular weight is 404 g/mol.